The number of hydrogen-bond acceptors (Lipinski definition) is 4. The molecule has 3 fully saturated rings. The molecule has 1 unspecified atom stereocenters. The number of rotatable bonds is 4. The Morgan fingerprint density at radius 2 is 2.16 bits per heavy atom. The number of piperidine rings is 3. The monoisotopic (exact) mass is 280 g/mol. The standard InChI is InChI=1S/C14H21ClN4/c1-2-3-11-13(15)16-9-17-14(11)18-12-8-19-6-4-10(12)5-7-19/h9-10,12H,2-8H2,1H3,(H,16,17,18). The maximum Gasteiger partial charge on any atom is 0.137 e. The summed E-state index contributed by atoms with van der Waals surface area (Å²) in [7, 11) is 0. The number of anilines is 1. The molecule has 1 aromatic heterocycles. The molecule has 4 nitrogen and oxygen atoms in total. The van der Waals surface area contributed by atoms with Gasteiger partial charge in [0.1, 0.15) is 17.3 Å². The third-order valence-corrected chi connectivity index (χ3v) is 4.70. The number of halogens is 1. The highest BCUT2D eigenvalue weighted by atomic mass is 35.5. The Kier molecular flexibility index (Phi) is 3.89. The van der Waals surface area contributed by atoms with Gasteiger partial charge in [-0.15, -0.1) is 0 Å². The average Bonchev–Trinajstić information content (AvgIpc) is 2.44. The van der Waals surface area contributed by atoms with E-state index in [2.05, 4.69) is 27.1 Å². The second-order valence-corrected chi connectivity index (χ2v) is 5.99. The topological polar surface area (TPSA) is 41.1 Å². The minimum absolute atomic E-state index is 0.518. The van der Waals surface area contributed by atoms with Crippen LogP contribution in [0.1, 0.15) is 31.7 Å². The lowest BCUT2D eigenvalue weighted by molar-refractivity contribution is 0.0973. The molecule has 4 rings (SSSR count). The molecule has 19 heavy (non-hydrogen) atoms. The van der Waals surface area contributed by atoms with Crippen LogP contribution in [0.25, 0.3) is 0 Å². The highest BCUT2D eigenvalue weighted by Gasteiger charge is 2.34. The quantitative estimate of drug-likeness (QED) is 0.861. The summed E-state index contributed by atoms with van der Waals surface area (Å²) < 4.78 is 0. The van der Waals surface area contributed by atoms with Gasteiger partial charge in [0.25, 0.3) is 0 Å². The maximum atomic E-state index is 6.20. The fourth-order valence-electron chi connectivity index (χ4n) is 3.29. The molecule has 1 aromatic rings. The van der Waals surface area contributed by atoms with E-state index >= 15 is 0 Å². The zero-order chi connectivity index (χ0) is 13.2. The predicted molar refractivity (Wildman–Crippen MR) is 77.6 cm³/mol. The molecule has 0 saturated carbocycles. The number of aromatic nitrogens is 2. The molecule has 104 valence electrons. The summed E-state index contributed by atoms with van der Waals surface area (Å²) in [6, 6.07) is 0.518. The van der Waals surface area contributed by atoms with Gasteiger partial charge in [0.15, 0.2) is 0 Å². The molecule has 3 saturated heterocycles. The zero-order valence-corrected chi connectivity index (χ0v) is 12.2. The average molecular weight is 281 g/mol. The van der Waals surface area contributed by atoms with E-state index in [0.717, 1.165) is 36.7 Å². The normalized spacial score (nSPS) is 29.5. The van der Waals surface area contributed by atoms with Gasteiger partial charge in [0.05, 0.1) is 0 Å². The maximum absolute atomic E-state index is 6.20. The summed E-state index contributed by atoms with van der Waals surface area (Å²) in [5, 5.41) is 4.23. The Morgan fingerprint density at radius 3 is 2.79 bits per heavy atom. The van der Waals surface area contributed by atoms with Crippen molar-refractivity contribution < 1.29 is 0 Å². The highest BCUT2D eigenvalue weighted by molar-refractivity contribution is 6.30. The summed E-state index contributed by atoms with van der Waals surface area (Å²) >= 11 is 6.20. The van der Waals surface area contributed by atoms with Gasteiger partial charge >= 0.3 is 0 Å². The van der Waals surface area contributed by atoms with Crippen molar-refractivity contribution in [1.82, 2.24) is 14.9 Å². The third kappa shape index (κ3) is 2.70. The minimum atomic E-state index is 0.518. The molecule has 2 bridgehead atoms. The molecule has 1 N–H and O–H groups in total. The van der Waals surface area contributed by atoms with Crippen molar-refractivity contribution in [1.29, 1.82) is 0 Å². The third-order valence-electron chi connectivity index (χ3n) is 4.37. The van der Waals surface area contributed by atoms with Crippen LogP contribution < -0.4 is 5.32 Å². The molecule has 0 amide bonds. The lowest BCUT2D eigenvalue weighted by atomic mass is 9.84. The lowest BCUT2D eigenvalue weighted by Gasteiger charge is -2.45. The number of nitrogens with zero attached hydrogens (tertiary/aromatic N) is 3. The van der Waals surface area contributed by atoms with Gasteiger partial charge in [-0.1, -0.05) is 24.9 Å². The van der Waals surface area contributed by atoms with Gasteiger partial charge < -0.3 is 10.2 Å². The van der Waals surface area contributed by atoms with Crippen LogP contribution in [0.3, 0.4) is 0 Å². The molecule has 0 aromatic carbocycles. The molecule has 3 aliphatic rings. The Morgan fingerprint density at radius 1 is 1.37 bits per heavy atom. The van der Waals surface area contributed by atoms with E-state index < -0.39 is 0 Å². The van der Waals surface area contributed by atoms with Crippen molar-refractivity contribution in [2.75, 3.05) is 25.0 Å². The van der Waals surface area contributed by atoms with Gasteiger partial charge in [-0.2, -0.15) is 0 Å². The van der Waals surface area contributed by atoms with Crippen LogP contribution in [-0.2, 0) is 6.42 Å². The van der Waals surface area contributed by atoms with Crippen molar-refractivity contribution >= 4 is 17.4 Å². The fraction of sp³-hybridized carbons (Fsp3) is 0.714. The van der Waals surface area contributed by atoms with Crippen LogP contribution in [0.5, 0.6) is 0 Å². The summed E-state index contributed by atoms with van der Waals surface area (Å²) in [6.45, 7) is 5.81. The van der Waals surface area contributed by atoms with Crippen molar-refractivity contribution in [3.63, 3.8) is 0 Å². The van der Waals surface area contributed by atoms with Gasteiger partial charge in [0, 0.05) is 18.2 Å². The molecule has 0 radical (unpaired) electrons. The first-order chi connectivity index (χ1) is 9.28. The van der Waals surface area contributed by atoms with Gasteiger partial charge in [-0.25, -0.2) is 9.97 Å². The van der Waals surface area contributed by atoms with Gasteiger partial charge in [-0.3, -0.25) is 0 Å². The molecule has 5 heteroatoms. The first-order valence-electron chi connectivity index (χ1n) is 7.26. The molecule has 0 aliphatic carbocycles. The molecular formula is C14H21ClN4. The first-order valence-corrected chi connectivity index (χ1v) is 7.64. The predicted octanol–water partition coefficient (Wildman–Crippen LogP) is 2.59. The molecule has 3 aliphatic heterocycles. The van der Waals surface area contributed by atoms with E-state index in [1.807, 2.05) is 0 Å². The van der Waals surface area contributed by atoms with Crippen molar-refractivity contribution in [3.8, 4) is 0 Å². The Bertz CT molecular complexity index is 443. The van der Waals surface area contributed by atoms with Crippen molar-refractivity contribution in [3.05, 3.63) is 17.0 Å². The molecule has 4 heterocycles. The summed E-state index contributed by atoms with van der Waals surface area (Å²) in [5.74, 6) is 1.73. The van der Waals surface area contributed by atoms with Crippen LogP contribution >= 0.6 is 11.6 Å². The van der Waals surface area contributed by atoms with Crippen LogP contribution in [-0.4, -0.2) is 40.5 Å². The molecule has 0 spiro atoms. The van der Waals surface area contributed by atoms with Crippen LogP contribution in [0.2, 0.25) is 5.15 Å². The second-order valence-electron chi connectivity index (χ2n) is 5.63. The second kappa shape index (κ2) is 5.63. The SMILES string of the molecule is CCCc1c(Cl)ncnc1NC1CN2CCC1CC2. The van der Waals surface area contributed by atoms with Crippen molar-refractivity contribution in [2.45, 2.75) is 38.6 Å². The summed E-state index contributed by atoms with van der Waals surface area (Å²) in [4.78, 5) is 11.1. The minimum Gasteiger partial charge on any atom is -0.365 e. The van der Waals surface area contributed by atoms with Crippen LogP contribution in [0.15, 0.2) is 6.33 Å². The summed E-state index contributed by atoms with van der Waals surface area (Å²) in [5.41, 5.74) is 1.07. The highest BCUT2D eigenvalue weighted by Crippen LogP contribution is 2.31. The van der Waals surface area contributed by atoms with Crippen LogP contribution in [0, 0.1) is 5.92 Å². The Hall–Kier alpha value is -0.870. The van der Waals surface area contributed by atoms with Gasteiger partial charge in [-0.05, 0) is 38.3 Å². The van der Waals surface area contributed by atoms with E-state index in [9.17, 15) is 0 Å². The summed E-state index contributed by atoms with van der Waals surface area (Å²) in [6.07, 6.45) is 6.16. The molecule has 1 atom stereocenters. The largest absolute Gasteiger partial charge is 0.365 e. The van der Waals surface area contributed by atoms with E-state index in [-0.39, 0.29) is 0 Å². The van der Waals surface area contributed by atoms with Crippen molar-refractivity contribution in [2.24, 2.45) is 5.92 Å². The fourth-order valence-corrected chi connectivity index (χ4v) is 3.52. The number of fused-ring (bicyclic) bond motifs is 3. The van der Waals surface area contributed by atoms with E-state index in [1.54, 1.807) is 6.33 Å². The van der Waals surface area contributed by atoms with E-state index in [0.29, 0.717) is 11.2 Å². The number of hydrogen-bond donors (Lipinski definition) is 1. The number of nitrogens with one attached hydrogen (secondary N) is 1. The Balaban J connectivity index is 1.77. The first kappa shape index (κ1) is 13.1. The zero-order valence-electron chi connectivity index (χ0n) is 11.4. The smallest absolute Gasteiger partial charge is 0.137 e. The Labute approximate surface area is 119 Å². The van der Waals surface area contributed by atoms with Gasteiger partial charge in [0.2, 0.25) is 0 Å². The molecular weight excluding hydrogens is 260 g/mol. The van der Waals surface area contributed by atoms with E-state index in [4.69, 9.17) is 11.6 Å². The lowest BCUT2D eigenvalue weighted by Crippen LogP contribution is -2.53. The van der Waals surface area contributed by atoms with Crippen LogP contribution in [0.4, 0.5) is 5.82 Å². The van der Waals surface area contributed by atoms with E-state index in [1.165, 1.54) is 25.9 Å².